The van der Waals surface area contributed by atoms with E-state index in [2.05, 4.69) is 5.32 Å². The van der Waals surface area contributed by atoms with Crippen LogP contribution < -0.4 is 11.1 Å². The molecule has 2 aliphatic rings. The van der Waals surface area contributed by atoms with Crippen LogP contribution in [0.4, 0.5) is 5.69 Å². The van der Waals surface area contributed by atoms with Crippen molar-refractivity contribution in [2.75, 3.05) is 31.9 Å². The van der Waals surface area contributed by atoms with Crippen molar-refractivity contribution in [3.05, 3.63) is 33.9 Å². The molecule has 2 heterocycles. The molecular formula is C17H22N4O4S. The Morgan fingerprint density at radius 2 is 1.92 bits per heavy atom. The minimum absolute atomic E-state index is 0.00351. The number of benzene rings is 1. The third-order valence-electron chi connectivity index (χ3n) is 5.16. The Labute approximate surface area is 155 Å². The fraction of sp³-hybridized carbons (Fsp3) is 0.529. The molecule has 0 spiro atoms. The van der Waals surface area contributed by atoms with Gasteiger partial charge in [0.2, 0.25) is 11.8 Å². The molecule has 140 valence electrons. The lowest BCUT2D eigenvalue weighted by atomic mass is 9.92. The van der Waals surface area contributed by atoms with E-state index in [-0.39, 0.29) is 22.9 Å². The number of likely N-dealkylation sites (tertiary alicyclic amines) is 1. The first-order valence-corrected chi connectivity index (χ1v) is 9.64. The Balaban J connectivity index is 1.62. The zero-order valence-corrected chi connectivity index (χ0v) is 15.2. The number of nitrogens with two attached hydrogens (primary N) is 1. The van der Waals surface area contributed by atoms with Crippen LogP contribution in [0.1, 0.15) is 23.2 Å². The number of nitrogens with zero attached hydrogens (tertiary/aromatic N) is 2. The lowest BCUT2D eigenvalue weighted by Crippen LogP contribution is -2.34. The van der Waals surface area contributed by atoms with Crippen LogP contribution in [-0.2, 0) is 4.79 Å². The largest absolute Gasteiger partial charge is 0.366 e. The number of carbonyl (C=O) groups excluding carboxylic acids is 2. The summed E-state index contributed by atoms with van der Waals surface area (Å²) >= 11 is 1.13. The molecule has 0 aromatic heterocycles. The summed E-state index contributed by atoms with van der Waals surface area (Å²) in [6.07, 6.45) is 2.00. The minimum atomic E-state index is -0.717. The maximum atomic E-state index is 12.5. The highest BCUT2D eigenvalue weighted by atomic mass is 32.2. The van der Waals surface area contributed by atoms with Crippen molar-refractivity contribution in [3.63, 3.8) is 0 Å². The van der Waals surface area contributed by atoms with E-state index in [1.807, 2.05) is 4.90 Å². The summed E-state index contributed by atoms with van der Waals surface area (Å²) in [4.78, 5) is 36.7. The number of carbonyl (C=O) groups is 2. The van der Waals surface area contributed by atoms with Crippen LogP contribution >= 0.6 is 11.8 Å². The number of nitro benzene ring substituents is 1. The summed E-state index contributed by atoms with van der Waals surface area (Å²) in [5.74, 6) is 0.706. The highest BCUT2D eigenvalue weighted by Gasteiger charge is 2.31. The summed E-state index contributed by atoms with van der Waals surface area (Å²) in [6.45, 7) is 3.54. The molecule has 2 aliphatic heterocycles. The molecule has 0 aliphatic carbocycles. The van der Waals surface area contributed by atoms with Gasteiger partial charge in [-0.2, -0.15) is 0 Å². The van der Waals surface area contributed by atoms with Gasteiger partial charge in [0.05, 0.1) is 15.6 Å². The molecule has 2 amide bonds. The average molecular weight is 378 g/mol. The van der Waals surface area contributed by atoms with Crippen LogP contribution in [0.25, 0.3) is 0 Å². The Bertz CT molecular complexity index is 713. The number of thioether (sulfide) groups is 1. The van der Waals surface area contributed by atoms with Gasteiger partial charge in [0, 0.05) is 24.7 Å². The summed E-state index contributed by atoms with van der Waals surface area (Å²) in [6, 6.07) is 4.09. The Morgan fingerprint density at radius 3 is 2.50 bits per heavy atom. The van der Waals surface area contributed by atoms with Gasteiger partial charge in [-0.1, -0.05) is 0 Å². The fourth-order valence-corrected chi connectivity index (χ4v) is 4.54. The summed E-state index contributed by atoms with van der Waals surface area (Å²) in [5.41, 5.74) is 5.06. The second-order valence-electron chi connectivity index (χ2n) is 6.73. The molecule has 9 heteroatoms. The van der Waals surface area contributed by atoms with Crippen LogP contribution in [-0.4, -0.2) is 53.6 Å². The molecule has 0 saturated carbocycles. The lowest BCUT2D eigenvalue weighted by molar-refractivity contribution is -0.387. The Kier molecular flexibility index (Phi) is 5.77. The second kappa shape index (κ2) is 8.05. The molecule has 0 radical (unpaired) electrons. The van der Waals surface area contributed by atoms with E-state index >= 15 is 0 Å². The molecule has 26 heavy (non-hydrogen) atoms. The van der Waals surface area contributed by atoms with Gasteiger partial charge in [0.25, 0.3) is 5.69 Å². The number of hydrogen-bond acceptors (Lipinski definition) is 6. The molecule has 1 aromatic rings. The SMILES string of the molecule is NC(=O)c1ccc(SCC(=O)N2CC[C@@H]3CNC[C@@H]3CC2)c([N+](=O)[O-])c1. The maximum absolute atomic E-state index is 12.5. The van der Waals surface area contributed by atoms with E-state index in [0.29, 0.717) is 16.7 Å². The van der Waals surface area contributed by atoms with E-state index in [9.17, 15) is 19.7 Å². The van der Waals surface area contributed by atoms with Gasteiger partial charge in [0.15, 0.2) is 0 Å². The third kappa shape index (κ3) is 4.16. The summed E-state index contributed by atoms with van der Waals surface area (Å²) < 4.78 is 0. The van der Waals surface area contributed by atoms with Crippen LogP contribution in [0.2, 0.25) is 0 Å². The zero-order valence-electron chi connectivity index (χ0n) is 14.3. The molecule has 2 saturated heterocycles. The first-order chi connectivity index (χ1) is 12.5. The van der Waals surface area contributed by atoms with Crippen molar-refractivity contribution >= 4 is 29.3 Å². The fourth-order valence-electron chi connectivity index (χ4n) is 3.63. The number of nitro groups is 1. The number of amides is 2. The topological polar surface area (TPSA) is 119 Å². The first kappa shape index (κ1) is 18.7. The molecule has 2 atom stereocenters. The standard InChI is InChI=1S/C17H22N4O4S/c18-17(23)11-1-2-15(14(7-11)21(24)25)26-10-16(22)20-5-3-12-8-19-9-13(12)4-6-20/h1-2,7,12-13,19H,3-6,8-10H2,(H2,18,23)/t12-,13+. The van der Waals surface area contributed by atoms with Crippen LogP contribution in [0.3, 0.4) is 0 Å². The minimum Gasteiger partial charge on any atom is -0.366 e. The Morgan fingerprint density at radius 1 is 1.27 bits per heavy atom. The van der Waals surface area contributed by atoms with Gasteiger partial charge in [0.1, 0.15) is 0 Å². The lowest BCUT2D eigenvalue weighted by Gasteiger charge is -2.20. The molecule has 3 N–H and O–H groups in total. The average Bonchev–Trinajstić information content (AvgIpc) is 2.97. The quantitative estimate of drug-likeness (QED) is 0.452. The van der Waals surface area contributed by atoms with Crippen molar-refractivity contribution in [2.24, 2.45) is 17.6 Å². The third-order valence-corrected chi connectivity index (χ3v) is 6.21. The van der Waals surface area contributed by atoms with E-state index in [0.717, 1.165) is 56.8 Å². The van der Waals surface area contributed by atoms with Crippen LogP contribution in [0.5, 0.6) is 0 Å². The molecular weight excluding hydrogens is 356 g/mol. The number of primary amides is 1. The van der Waals surface area contributed by atoms with Crippen molar-refractivity contribution in [2.45, 2.75) is 17.7 Å². The first-order valence-electron chi connectivity index (χ1n) is 8.65. The summed E-state index contributed by atoms with van der Waals surface area (Å²) in [7, 11) is 0. The molecule has 2 fully saturated rings. The van der Waals surface area contributed by atoms with E-state index in [4.69, 9.17) is 5.73 Å². The number of hydrogen-bond donors (Lipinski definition) is 2. The van der Waals surface area contributed by atoms with Crippen molar-refractivity contribution in [1.29, 1.82) is 0 Å². The van der Waals surface area contributed by atoms with Gasteiger partial charge in [-0.05, 0) is 49.9 Å². The van der Waals surface area contributed by atoms with E-state index in [1.54, 1.807) is 0 Å². The van der Waals surface area contributed by atoms with Crippen molar-refractivity contribution in [3.8, 4) is 0 Å². The second-order valence-corrected chi connectivity index (χ2v) is 7.75. The van der Waals surface area contributed by atoms with Crippen molar-refractivity contribution < 1.29 is 14.5 Å². The van der Waals surface area contributed by atoms with Gasteiger partial charge in [-0.15, -0.1) is 11.8 Å². The molecule has 8 nitrogen and oxygen atoms in total. The predicted molar refractivity (Wildman–Crippen MR) is 98.0 cm³/mol. The molecule has 0 unspecified atom stereocenters. The zero-order chi connectivity index (χ0) is 18.7. The Hall–Kier alpha value is -2.13. The van der Waals surface area contributed by atoms with Gasteiger partial charge < -0.3 is 16.0 Å². The highest BCUT2D eigenvalue weighted by molar-refractivity contribution is 8.00. The van der Waals surface area contributed by atoms with E-state index in [1.165, 1.54) is 12.1 Å². The predicted octanol–water partition coefficient (Wildman–Crippen LogP) is 1.24. The smallest absolute Gasteiger partial charge is 0.283 e. The normalized spacial score (nSPS) is 22.5. The van der Waals surface area contributed by atoms with Gasteiger partial charge in [-0.25, -0.2) is 0 Å². The van der Waals surface area contributed by atoms with Crippen LogP contribution in [0, 0.1) is 22.0 Å². The molecule has 3 rings (SSSR count). The maximum Gasteiger partial charge on any atom is 0.283 e. The highest BCUT2D eigenvalue weighted by Crippen LogP contribution is 2.31. The van der Waals surface area contributed by atoms with E-state index < -0.39 is 10.8 Å². The molecule has 0 bridgehead atoms. The molecule has 1 aromatic carbocycles. The van der Waals surface area contributed by atoms with Crippen molar-refractivity contribution in [1.82, 2.24) is 10.2 Å². The summed E-state index contributed by atoms with van der Waals surface area (Å²) in [5, 5.41) is 14.6. The van der Waals surface area contributed by atoms with Crippen LogP contribution in [0.15, 0.2) is 23.1 Å². The number of fused-ring (bicyclic) bond motifs is 1. The number of nitrogens with one attached hydrogen (secondary N) is 1. The monoisotopic (exact) mass is 378 g/mol. The van der Waals surface area contributed by atoms with Gasteiger partial charge in [-0.3, -0.25) is 19.7 Å². The number of rotatable bonds is 5. The van der Waals surface area contributed by atoms with Gasteiger partial charge >= 0.3 is 0 Å².